The van der Waals surface area contributed by atoms with Crippen molar-refractivity contribution >= 4 is 5.91 Å². The molecule has 2 saturated heterocycles. The smallest absolute Gasteiger partial charge is 0.232 e. The van der Waals surface area contributed by atoms with Gasteiger partial charge in [0.25, 0.3) is 0 Å². The Balaban J connectivity index is 2.04. The number of carbonyl (C=O) groups is 1. The summed E-state index contributed by atoms with van der Waals surface area (Å²) >= 11 is 0. The van der Waals surface area contributed by atoms with Crippen LogP contribution >= 0.6 is 0 Å². The first kappa shape index (κ1) is 9.64. The van der Waals surface area contributed by atoms with Crippen LogP contribution in [0.15, 0.2) is 0 Å². The Hall–Kier alpha value is -0.570. The molecule has 3 aliphatic rings. The van der Waals surface area contributed by atoms with Crippen molar-refractivity contribution in [1.82, 2.24) is 4.90 Å². The number of amides is 1. The number of nitrogens with zero attached hydrogens (tertiary/aromatic N) is 1. The summed E-state index contributed by atoms with van der Waals surface area (Å²) in [6.45, 7) is 11.2. The second-order valence-electron chi connectivity index (χ2n) is 6.40. The molecule has 15 heavy (non-hydrogen) atoms. The first-order chi connectivity index (χ1) is 6.74. The maximum Gasteiger partial charge on any atom is 0.232 e. The largest absolute Gasteiger partial charge is 0.354 e. The Morgan fingerprint density at radius 1 is 1.27 bits per heavy atom. The SMILES string of the molecule is CC1(C)OCC2C3C(C)(C)C3(C)C(=O)N21. The Morgan fingerprint density at radius 2 is 1.87 bits per heavy atom. The van der Waals surface area contributed by atoms with E-state index in [1.807, 2.05) is 18.7 Å². The maximum absolute atomic E-state index is 12.4. The summed E-state index contributed by atoms with van der Waals surface area (Å²) in [5.41, 5.74) is -0.359. The summed E-state index contributed by atoms with van der Waals surface area (Å²) < 4.78 is 5.72. The predicted molar refractivity (Wildman–Crippen MR) is 56.0 cm³/mol. The number of carbonyl (C=O) groups excluding carboxylic acids is 1. The Morgan fingerprint density at radius 3 is 2.47 bits per heavy atom. The molecule has 0 aromatic carbocycles. The van der Waals surface area contributed by atoms with Crippen LogP contribution in [0.5, 0.6) is 0 Å². The fourth-order valence-electron chi connectivity index (χ4n) is 4.02. The van der Waals surface area contributed by atoms with Crippen LogP contribution in [0.1, 0.15) is 34.6 Å². The van der Waals surface area contributed by atoms with E-state index in [0.29, 0.717) is 24.5 Å². The van der Waals surface area contributed by atoms with Crippen molar-refractivity contribution in [2.24, 2.45) is 16.7 Å². The maximum atomic E-state index is 12.4. The van der Waals surface area contributed by atoms with E-state index in [-0.39, 0.29) is 10.8 Å². The molecule has 3 fully saturated rings. The third kappa shape index (κ3) is 0.748. The van der Waals surface area contributed by atoms with Crippen LogP contribution in [0.2, 0.25) is 0 Å². The van der Waals surface area contributed by atoms with E-state index in [4.69, 9.17) is 4.74 Å². The van der Waals surface area contributed by atoms with Gasteiger partial charge in [-0.25, -0.2) is 0 Å². The second kappa shape index (κ2) is 2.10. The Kier molecular flexibility index (Phi) is 1.35. The van der Waals surface area contributed by atoms with Crippen molar-refractivity contribution < 1.29 is 9.53 Å². The number of fused-ring (bicyclic) bond motifs is 3. The fourth-order valence-corrected chi connectivity index (χ4v) is 4.02. The number of rotatable bonds is 0. The van der Waals surface area contributed by atoms with Crippen molar-refractivity contribution in [2.45, 2.75) is 46.4 Å². The molecule has 3 rings (SSSR count). The standard InChI is InChI=1S/C12H19NO2/c1-10(2)8-7-6-15-11(3,4)13(7)9(14)12(8,10)5/h7-8H,6H2,1-5H3. The van der Waals surface area contributed by atoms with Gasteiger partial charge in [-0.3, -0.25) is 4.79 Å². The third-order valence-electron chi connectivity index (χ3n) is 5.22. The normalized spacial score (nSPS) is 49.1. The molecular weight excluding hydrogens is 190 g/mol. The van der Waals surface area contributed by atoms with E-state index in [2.05, 4.69) is 20.8 Å². The van der Waals surface area contributed by atoms with Crippen LogP contribution in [0.3, 0.4) is 0 Å². The summed E-state index contributed by atoms with van der Waals surface area (Å²) in [5.74, 6) is 0.782. The van der Waals surface area contributed by atoms with Crippen molar-refractivity contribution in [3.05, 3.63) is 0 Å². The second-order valence-corrected chi connectivity index (χ2v) is 6.40. The van der Waals surface area contributed by atoms with Crippen molar-refractivity contribution in [3.8, 4) is 0 Å². The fraction of sp³-hybridized carbons (Fsp3) is 0.917. The molecule has 2 heterocycles. The minimum atomic E-state index is -0.395. The van der Waals surface area contributed by atoms with Crippen LogP contribution in [0.25, 0.3) is 0 Å². The number of piperidine rings is 1. The summed E-state index contributed by atoms with van der Waals surface area (Å²) in [7, 11) is 0. The molecule has 0 aromatic heterocycles. The van der Waals surface area contributed by atoms with E-state index in [9.17, 15) is 4.79 Å². The quantitative estimate of drug-likeness (QED) is 0.607. The molecule has 0 spiro atoms. The lowest BCUT2D eigenvalue weighted by molar-refractivity contribution is -0.149. The van der Waals surface area contributed by atoms with E-state index in [1.54, 1.807) is 0 Å². The summed E-state index contributed by atoms with van der Waals surface area (Å²) in [4.78, 5) is 14.4. The van der Waals surface area contributed by atoms with E-state index in [0.717, 1.165) is 0 Å². The van der Waals surface area contributed by atoms with E-state index >= 15 is 0 Å². The van der Waals surface area contributed by atoms with Gasteiger partial charge in [0.2, 0.25) is 5.91 Å². The van der Waals surface area contributed by atoms with Gasteiger partial charge in [0.1, 0.15) is 5.72 Å². The third-order valence-corrected chi connectivity index (χ3v) is 5.22. The van der Waals surface area contributed by atoms with Gasteiger partial charge >= 0.3 is 0 Å². The average Bonchev–Trinajstić information content (AvgIpc) is 2.41. The highest BCUT2D eigenvalue weighted by Gasteiger charge is 2.82. The van der Waals surface area contributed by atoms with Crippen LogP contribution < -0.4 is 0 Å². The minimum Gasteiger partial charge on any atom is -0.354 e. The monoisotopic (exact) mass is 209 g/mol. The molecule has 84 valence electrons. The first-order valence-electron chi connectivity index (χ1n) is 5.72. The zero-order valence-electron chi connectivity index (χ0n) is 10.1. The lowest BCUT2D eigenvalue weighted by atomic mass is 9.95. The van der Waals surface area contributed by atoms with Crippen molar-refractivity contribution in [3.63, 3.8) is 0 Å². The zero-order valence-corrected chi connectivity index (χ0v) is 10.1. The van der Waals surface area contributed by atoms with Gasteiger partial charge in [0, 0.05) is 5.92 Å². The molecule has 0 aromatic rings. The lowest BCUT2D eigenvalue weighted by Crippen LogP contribution is -2.48. The molecule has 1 saturated carbocycles. The minimum absolute atomic E-state index is 0.126. The molecule has 1 amide bonds. The summed E-state index contributed by atoms with van der Waals surface area (Å²) in [6.07, 6.45) is 0. The van der Waals surface area contributed by atoms with Crippen molar-refractivity contribution in [1.29, 1.82) is 0 Å². The molecule has 0 bridgehead atoms. The van der Waals surface area contributed by atoms with Crippen LogP contribution in [-0.2, 0) is 9.53 Å². The number of hydrogen-bond acceptors (Lipinski definition) is 2. The number of ether oxygens (including phenoxy) is 1. The van der Waals surface area contributed by atoms with Gasteiger partial charge in [0.05, 0.1) is 18.1 Å². The number of hydrogen-bond donors (Lipinski definition) is 0. The molecular formula is C12H19NO2. The molecule has 3 nitrogen and oxygen atoms in total. The molecule has 3 atom stereocenters. The Labute approximate surface area is 90.8 Å². The summed E-state index contributed by atoms with van der Waals surface area (Å²) in [5, 5.41) is 0. The summed E-state index contributed by atoms with van der Waals surface area (Å²) in [6, 6.07) is 0.312. The average molecular weight is 209 g/mol. The van der Waals surface area contributed by atoms with Gasteiger partial charge in [-0.05, 0) is 26.2 Å². The molecule has 1 aliphatic carbocycles. The molecule has 0 N–H and O–H groups in total. The highest BCUT2D eigenvalue weighted by atomic mass is 16.5. The van der Waals surface area contributed by atoms with Crippen LogP contribution in [0, 0.1) is 16.7 Å². The predicted octanol–water partition coefficient (Wildman–Crippen LogP) is 1.63. The van der Waals surface area contributed by atoms with Gasteiger partial charge in [0.15, 0.2) is 0 Å². The van der Waals surface area contributed by atoms with Gasteiger partial charge in [-0.15, -0.1) is 0 Å². The lowest BCUT2D eigenvalue weighted by Gasteiger charge is -2.34. The first-order valence-corrected chi connectivity index (χ1v) is 5.72. The highest BCUT2D eigenvalue weighted by Crippen LogP contribution is 2.76. The van der Waals surface area contributed by atoms with Gasteiger partial charge in [-0.2, -0.15) is 0 Å². The Bertz CT molecular complexity index is 359. The highest BCUT2D eigenvalue weighted by molar-refractivity contribution is 5.92. The molecule has 2 aliphatic heterocycles. The van der Waals surface area contributed by atoms with Crippen LogP contribution in [0.4, 0.5) is 0 Å². The van der Waals surface area contributed by atoms with Crippen molar-refractivity contribution in [2.75, 3.05) is 6.61 Å². The zero-order chi connectivity index (χ0) is 11.2. The van der Waals surface area contributed by atoms with Gasteiger partial charge < -0.3 is 9.64 Å². The van der Waals surface area contributed by atoms with E-state index < -0.39 is 5.72 Å². The van der Waals surface area contributed by atoms with E-state index in [1.165, 1.54) is 0 Å². The molecule has 0 radical (unpaired) electrons. The molecule has 3 heteroatoms. The van der Waals surface area contributed by atoms with Crippen LogP contribution in [-0.4, -0.2) is 29.2 Å². The van der Waals surface area contributed by atoms with Gasteiger partial charge in [-0.1, -0.05) is 13.8 Å². The topological polar surface area (TPSA) is 29.5 Å². The molecule has 3 unspecified atom stereocenters.